The van der Waals surface area contributed by atoms with Gasteiger partial charge in [0.05, 0.1) is 16.7 Å². The highest BCUT2D eigenvalue weighted by Crippen LogP contribution is 2.20. The maximum atomic E-state index is 11.7. The second kappa shape index (κ2) is 7.24. The Labute approximate surface area is 126 Å². The van der Waals surface area contributed by atoms with E-state index in [-0.39, 0.29) is 4.90 Å². The number of hydrogen-bond acceptors (Lipinski definition) is 5. The molecule has 1 unspecified atom stereocenters. The Morgan fingerprint density at radius 1 is 1.24 bits per heavy atom. The molecular formula is C15H24N2O3S. The van der Waals surface area contributed by atoms with Crippen LogP contribution in [-0.2, 0) is 9.84 Å². The highest BCUT2D eigenvalue weighted by atomic mass is 32.2. The van der Waals surface area contributed by atoms with Gasteiger partial charge in [-0.1, -0.05) is 18.6 Å². The molecule has 1 aromatic rings. The van der Waals surface area contributed by atoms with Gasteiger partial charge in [0.25, 0.3) is 0 Å². The standard InChI is InChI=1S/C15H24N2O3S/c1-21(19,20)15-8-4-3-7-14(15)16-11-13(18)12-17-9-5-2-6-10-17/h3-4,7-8,13,16,18H,2,5-6,9-12H2,1H3. The van der Waals surface area contributed by atoms with E-state index >= 15 is 0 Å². The lowest BCUT2D eigenvalue weighted by molar-refractivity contribution is 0.109. The van der Waals surface area contributed by atoms with Gasteiger partial charge in [-0.15, -0.1) is 0 Å². The molecule has 1 fully saturated rings. The van der Waals surface area contributed by atoms with Crippen molar-refractivity contribution < 1.29 is 13.5 Å². The minimum Gasteiger partial charge on any atom is -0.390 e. The molecule has 0 radical (unpaired) electrons. The molecule has 0 bridgehead atoms. The molecule has 5 nitrogen and oxygen atoms in total. The van der Waals surface area contributed by atoms with E-state index in [9.17, 15) is 13.5 Å². The maximum Gasteiger partial charge on any atom is 0.177 e. The molecule has 118 valence electrons. The average molecular weight is 312 g/mol. The number of nitrogens with one attached hydrogen (secondary N) is 1. The number of aliphatic hydroxyl groups excluding tert-OH is 1. The number of anilines is 1. The van der Waals surface area contributed by atoms with E-state index in [0.717, 1.165) is 13.1 Å². The van der Waals surface area contributed by atoms with Crippen molar-refractivity contribution in [3.8, 4) is 0 Å². The third kappa shape index (κ3) is 4.98. The van der Waals surface area contributed by atoms with Gasteiger partial charge in [-0.25, -0.2) is 8.42 Å². The third-order valence-corrected chi connectivity index (χ3v) is 4.89. The second-order valence-corrected chi connectivity index (χ2v) is 7.65. The van der Waals surface area contributed by atoms with Crippen LogP contribution in [-0.4, -0.2) is 57.0 Å². The Morgan fingerprint density at radius 3 is 2.57 bits per heavy atom. The number of sulfone groups is 1. The van der Waals surface area contributed by atoms with Gasteiger partial charge in [-0.05, 0) is 38.1 Å². The number of aliphatic hydroxyl groups is 1. The molecular weight excluding hydrogens is 288 g/mol. The molecule has 1 heterocycles. The van der Waals surface area contributed by atoms with Gasteiger partial charge in [0.1, 0.15) is 0 Å². The van der Waals surface area contributed by atoms with Crippen molar-refractivity contribution in [1.82, 2.24) is 4.90 Å². The molecule has 1 aromatic carbocycles. The van der Waals surface area contributed by atoms with Gasteiger partial charge in [0, 0.05) is 19.3 Å². The number of piperidine rings is 1. The summed E-state index contributed by atoms with van der Waals surface area (Å²) in [6.07, 6.45) is 4.34. The highest BCUT2D eigenvalue weighted by Gasteiger charge is 2.16. The van der Waals surface area contributed by atoms with Crippen molar-refractivity contribution in [1.29, 1.82) is 0 Å². The minimum absolute atomic E-state index is 0.273. The fourth-order valence-electron chi connectivity index (χ4n) is 2.67. The van der Waals surface area contributed by atoms with E-state index < -0.39 is 15.9 Å². The van der Waals surface area contributed by atoms with Crippen LogP contribution >= 0.6 is 0 Å². The first-order valence-corrected chi connectivity index (χ1v) is 9.29. The number of β-amino-alcohol motifs (C(OH)–C–C–N with tert-alkyl or cyclic N) is 1. The Morgan fingerprint density at radius 2 is 1.90 bits per heavy atom. The lowest BCUT2D eigenvalue weighted by Gasteiger charge is -2.28. The lowest BCUT2D eigenvalue weighted by atomic mass is 10.1. The summed E-state index contributed by atoms with van der Waals surface area (Å²) in [4.78, 5) is 2.54. The summed E-state index contributed by atoms with van der Waals surface area (Å²) in [7, 11) is -3.26. The first-order chi connectivity index (χ1) is 9.97. The Hall–Kier alpha value is -1.11. The molecule has 1 saturated heterocycles. The monoisotopic (exact) mass is 312 g/mol. The fraction of sp³-hybridized carbons (Fsp3) is 0.600. The van der Waals surface area contributed by atoms with Crippen LogP contribution in [0.2, 0.25) is 0 Å². The van der Waals surface area contributed by atoms with E-state index in [1.165, 1.54) is 25.5 Å². The van der Waals surface area contributed by atoms with Crippen LogP contribution in [0.1, 0.15) is 19.3 Å². The van der Waals surface area contributed by atoms with Gasteiger partial charge >= 0.3 is 0 Å². The molecule has 2 N–H and O–H groups in total. The normalized spacial score (nSPS) is 18.4. The van der Waals surface area contributed by atoms with Crippen LogP contribution < -0.4 is 5.32 Å². The second-order valence-electron chi connectivity index (χ2n) is 5.66. The summed E-state index contributed by atoms with van der Waals surface area (Å²) >= 11 is 0. The molecule has 0 amide bonds. The van der Waals surface area contributed by atoms with E-state index in [4.69, 9.17) is 0 Å². The molecule has 1 aliphatic heterocycles. The summed E-state index contributed by atoms with van der Waals surface area (Å²) < 4.78 is 23.4. The van der Waals surface area contributed by atoms with Gasteiger partial charge in [-0.2, -0.15) is 0 Å². The zero-order valence-corrected chi connectivity index (χ0v) is 13.3. The van der Waals surface area contributed by atoms with Crippen LogP contribution in [0.5, 0.6) is 0 Å². The largest absolute Gasteiger partial charge is 0.390 e. The van der Waals surface area contributed by atoms with Crippen LogP contribution in [0.3, 0.4) is 0 Å². The lowest BCUT2D eigenvalue weighted by Crippen LogP contribution is -2.39. The zero-order valence-electron chi connectivity index (χ0n) is 12.5. The van der Waals surface area contributed by atoms with E-state index in [0.29, 0.717) is 18.8 Å². The van der Waals surface area contributed by atoms with Crippen molar-refractivity contribution in [3.05, 3.63) is 24.3 Å². The summed E-state index contributed by atoms with van der Waals surface area (Å²) in [6.45, 7) is 3.06. The highest BCUT2D eigenvalue weighted by molar-refractivity contribution is 7.90. The summed E-state index contributed by atoms with van der Waals surface area (Å²) in [6, 6.07) is 6.79. The van der Waals surface area contributed by atoms with Gasteiger partial charge in [-0.3, -0.25) is 0 Å². The molecule has 6 heteroatoms. The van der Waals surface area contributed by atoms with Crippen molar-refractivity contribution in [2.24, 2.45) is 0 Å². The average Bonchev–Trinajstić information content (AvgIpc) is 2.45. The van der Waals surface area contributed by atoms with E-state index in [1.54, 1.807) is 24.3 Å². The van der Waals surface area contributed by atoms with E-state index in [2.05, 4.69) is 10.2 Å². The fourth-order valence-corrected chi connectivity index (χ4v) is 3.53. The smallest absolute Gasteiger partial charge is 0.177 e. The number of para-hydroxylation sites is 1. The molecule has 1 aliphatic rings. The number of hydrogen-bond donors (Lipinski definition) is 2. The number of nitrogens with zero attached hydrogens (tertiary/aromatic N) is 1. The quantitative estimate of drug-likeness (QED) is 0.830. The topological polar surface area (TPSA) is 69.6 Å². The van der Waals surface area contributed by atoms with Crippen LogP contribution in [0.4, 0.5) is 5.69 Å². The number of benzene rings is 1. The first kappa shape index (κ1) is 16.3. The van der Waals surface area contributed by atoms with Crippen molar-refractivity contribution >= 4 is 15.5 Å². The summed E-state index contributed by atoms with van der Waals surface area (Å²) in [5.41, 5.74) is 0.553. The van der Waals surface area contributed by atoms with Crippen molar-refractivity contribution in [2.75, 3.05) is 37.8 Å². The van der Waals surface area contributed by atoms with Crippen LogP contribution in [0.25, 0.3) is 0 Å². The molecule has 1 atom stereocenters. The predicted octanol–water partition coefficient (Wildman–Crippen LogP) is 1.35. The molecule has 21 heavy (non-hydrogen) atoms. The molecule has 2 rings (SSSR count). The Kier molecular flexibility index (Phi) is 5.61. The predicted molar refractivity (Wildman–Crippen MR) is 84.3 cm³/mol. The molecule has 0 aliphatic carbocycles. The molecule has 0 spiro atoms. The van der Waals surface area contributed by atoms with Crippen molar-refractivity contribution in [2.45, 2.75) is 30.3 Å². The van der Waals surface area contributed by atoms with Gasteiger partial charge in [0.2, 0.25) is 0 Å². The van der Waals surface area contributed by atoms with Crippen LogP contribution in [0.15, 0.2) is 29.2 Å². The van der Waals surface area contributed by atoms with Crippen LogP contribution in [0, 0.1) is 0 Å². The Bertz CT molecular complexity index is 554. The first-order valence-electron chi connectivity index (χ1n) is 7.40. The van der Waals surface area contributed by atoms with Gasteiger partial charge in [0.15, 0.2) is 9.84 Å². The SMILES string of the molecule is CS(=O)(=O)c1ccccc1NCC(O)CN1CCCCC1. The molecule has 0 aromatic heterocycles. The van der Waals surface area contributed by atoms with Crippen molar-refractivity contribution in [3.63, 3.8) is 0 Å². The molecule has 0 saturated carbocycles. The number of rotatable bonds is 6. The van der Waals surface area contributed by atoms with Gasteiger partial charge < -0.3 is 15.3 Å². The Balaban J connectivity index is 1.90. The summed E-state index contributed by atoms with van der Waals surface area (Å²) in [5, 5.41) is 13.2. The zero-order chi connectivity index (χ0) is 15.3. The minimum atomic E-state index is -3.26. The third-order valence-electron chi connectivity index (χ3n) is 3.73. The maximum absolute atomic E-state index is 11.7. The number of likely N-dealkylation sites (tertiary alicyclic amines) is 1. The van der Waals surface area contributed by atoms with E-state index in [1.807, 2.05) is 0 Å². The summed E-state index contributed by atoms with van der Waals surface area (Å²) in [5.74, 6) is 0.